The molecule has 0 amide bonds. The standard InChI is InChI=1S/C30H19N2.3C6H5.Sn/c1-2-10-21(11-3-1)31-29-17-9-6-14-25(29)26-20-22(18-19-30(26)31)32-27-15-7-4-12-23(27)24-13-5-8-16-28(24)32;3*1-2-4-6-5-3-1;/h1-2,4-20H;3*1-5H;. The monoisotopic (exact) mass is 758 g/mol. The molecule has 3 heteroatoms. The second-order valence-corrected chi connectivity index (χ2v) is 24.2. The van der Waals surface area contributed by atoms with Crippen molar-refractivity contribution in [1.29, 1.82) is 0 Å². The molecular formula is C48H34N2Sn. The molecule has 0 atom stereocenters. The Morgan fingerprint density at radius 1 is 0.255 bits per heavy atom. The normalized spacial score (nSPS) is 11.9. The van der Waals surface area contributed by atoms with Gasteiger partial charge in [-0.2, -0.15) is 0 Å². The van der Waals surface area contributed by atoms with E-state index in [1.807, 2.05) is 0 Å². The first-order chi connectivity index (χ1) is 25.3. The van der Waals surface area contributed by atoms with Gasteiger partial charge in [-0.25, -0.2) is 0 Å². The molecule has 0 spiro atoms. The molecule has 0 saturated carbocycles. The first-order valence-electron chi connectivity index (χ1n) is 17.6. The van der Waals surface area contributed by atoms with Crippen LogP contribution in [0.2, 0.25) is 0 Å². The Kier molecular flexibility index (Phi) is 7.17. The summed E-state index contributed by atoms with van der Waals surface area (Å²) in [6.07, 6.45) is 0. The molecule has 2 heterocycles. The first kappa shape index (κ1) is 30.0. The zero-order valence-electron chi connectivity index (χ0n) is 28.0. The molecule has 0 N–H and O–H groups in total. The van der Waals surface area contributed by atoms with Crippen LogP contribution in [0, 0.1) is 0 Å². The minimum atomic E-state index is -3.80. The van der Waals surface area contributed by atoms with Gasteiger partial charge in [0, 0.05) is 0 Å². The third kappa shape index (κ3) is 4.63. The average molecular weight is 758 g/mol. The second-order valence-electron chi connectivity index (χ2n) is 13.3. The maximum absolute atomic E-state index is 3.80. The first-order valence-corrected chi connectivity index (χ1v) is 23.3. The SMILES string of the molecule is c1cc[c]([Sn]([c]2ccccc2)([c]2ccccc2)[c]2cccc(-n3c4ccccc4c4cc(-n5c6ccccc6c6ccccc65)ccc43)c2)cc1. The number of aromatic nitrogens is 2. The van der Waals surface area contributed by atoms with Crippen molar-refractivity contribution in [3.8, 4) is 11.4 Å². The molecular weight excluding hydrogens is 723 g/mol. The number of fused-ring (bicyclic) bond motifs is 6. The molecule has 8 aromatic carbocycles. The summed E-state index contributed by atoms with van der Waals surface area (Å²) >= 11 is -3.80. The van der Waals surface area contributed by atoms with Gasteiger partial charge in [0.15, 0.2) is 0 Å². The number of hydrogen-bond acceptors (Lipinski definition) is 0. The van der Waals surface area contributed by atoms with Crippen LogP contribution < -0.4 is 14.3 Å². The maximum atomic E-state index is 2.50. The zero-order chi connectivity index (χ0) is 33.8. The number of para-hydroxylation sites is 3. The molecule has 0 fully saturated rings. The quantitative estimate of drug-likeness (QED) is 0.150. The average Bonchev–Trinajstić information content (AvgIpc) is 3.72. The fourth-order valence-electron chi connectivity index (χ4n) is 8.52. The van der Waals surface area contributed by atoms with Gasteiger partial charge in [-0.1, -0.05) is 12.1 Å². The van der Waals surface area contributed by atoms with Crippen LogP contribution in [-0.4, -0.2) is 27.5 Å². The number of nitrogens with zero attached hydrogens (tertiary/aromatic N) is 2. The molecule has 0 saturated heterocycles. The molecule has 0 unspecified atom stereocenters. The van der Waals surface area contributed by atoms with Gasteiger partial charge in [0.2, 0.25) is 0 Å². The molecule has 2 aromatic heterocycles. The van der Waals surface area contributed by atoms with Crippen molar-refractivity contribution in [1.82, 2.24) is 9.13 Å². The van der Waals surface area contributed by atoms with Crippen LogP contribution in [0.1, 0.15) is 0 Å². The Labute approximate surface area is 301 Å². The molecule has 0 bridgehead atoms. The Hall–Kier alpha value is -5.84. The van der Waals surface area contributed by atoms with Gasteiger partial charge in [0.05, 0.1) is 0 Å². The fraction of sp³-hybridized carbons (Fsp3) is 0. The van der Waals surface area contributed by atoms with E-state index in [2.05, 4.69) is 215 Å². The summed E-state index contributed by atoms with van der Waals surface area (Å²) in [6.45, 7) is 0. The summed E-state index contributed by atoms with van der Waals surface area (Å²) in [6, 6.07) is 76.6. The Morgan fingerprint density at radius 3 is 1.12 bits per heavy atom. The van der Waals surface area contributed by atoms with E-state index in [-0.39, 0.29) is 0 Å². The zero-order valence-corrected chi connectivity index (χ0v) is 30.9. The second kappa shape index (κ2) is 12.2. The summed E-state index contributed by atoms with van der Waals surface area (Å²) in [5.74, 6) is 0. The van der Waals surface area contributed by atoms with Gasteiger partial charge in [0.1, 0.15) is 0 Å². The summed E-state index contributed by atoms with van der Waals surface area (Å²) in [7, 11) is 0. The Balaban J connectivity index is 1.23. The molecule has 240 valence electrons. The van der Waals surface area contributed by atoms with Gasteiger partial charge in [-0.05, 0) is 0 Å². The van der Waals surface area contributed by atoms with Crippen LogP contribution >= 0.6 is 0 Å². The van der Waals surface area contributed by atoms with Crippen molar-refractivity contribution in [3.05, 3.63) is 206 Å². The van der Waals surface area contributed by atoms with Crippen LogP contribution in [0.25, 0.3) is 55.0 Å². The summed E-state index contributed by atoms with van der Waals surface area (Å²) < 4.78 is 10.7. The molecule has 0 aliphatic heterocycles. The molecule has 0 radical (unpaired) electrons. The van der Waals surface area contributed by atoms with Crippen LogP contribution in [-0.2, 0) is 0 Å². The van der Waals surface area contributed by atoms with E-state index in [1.165, 1.54) is 69.3 Å². The van der Waals surface area contributed by atoms with E-state index in [1.54, 1.807) is 0 Å². The van der Waals surface area contributed by atoms with Crippen LogP contribution in [0.4, 0.5) is 0 Å². The molecule has 10 rings (SSSR count). The van der Waals surface area contributed by atoms with Crippen LogP contribution in [0.5, 0.6) is 0 Å². The summed E-state index contributed by atoms with van der Waals surface area (Å²) in [5.41, 5.74) is 7.22. The topological polar surface area (TPSA) is 9.86 Å². The minimum absolute atomic E-state index is 1.17. The van der Waals surface area contributed by atoms with Crippen molar-refractivity contribution in [3.63, 3.8) is 0 Å². The Bertz CT molecular complexity index is 2700. The van der Waals surface area contributed by atoms with Gasteiger partial charge >= 0.3 is 291 Å². The van der Waals surface area contributed by atoms with E-state index in [9.17, 15) is 0 Å². The van der Waals surface area contributed by atoms with Crippen LogP contribution in [0.3, 0.4) is 0 Å². The van der Waals surface area contributed by atoms with Gasteiger partial charge < -0.3 is 0 Å². The summed E-state index contributed by atoms with van der Waals surface area (Å²) in [4.78, 5) is 0. The van der Waals surface area contributed by atoms with Crippen molar-refractivity contribution >= 4 is 76.3 Å². The molecule has 2 nitrogen and oxygen atoms in total. The van der Waals surface area contributed by atoms with Crippen LogP contribution in [0.15, 0.2) is 206 Å². The van der Waals surface area contributed by atoms with Crippen molar-refractivity contribution in [2.24, 2.45) is 0 Å². The Morgan fingerprint density at radius 2 is 0.627 bits per heavy atom. The van der Waals surface area contributed by atoms with E-state index in [0.29, 0.717) is 0 Å². The fourth-order valence-corrected chi connectivity index (χ4v) is 22.2. The molecule has 51 heavy (non-hydrogen) atoms. The third-order valence-electron chi connectivity index (χ3n) is 10.7. The van der Waals surface area contributed by atoms with Crippen molar-refractivity contribution in [2.75, 3.05) is 0 Å². The van der Waals surface area contributed by atoms with Gasteiger partial charge in [0.25, 0.3) is 0 Å². The molecule has 0 aliphatic carbocycles. The van der Waals surface area contributed by atoms with E-state index in [4.69, 9.17) is 0 Å². The van der Waals surface area contributed by atoms with E-state index >= 15 is 0 Å². The van der Waals surface area contributed by atoms with Gasteiger partial charge in [-0.3, -0.25) is 0 Å². The van der Waals surface area contributed by atoms with Crippen molar-refractivity contribution in [2.45, 2.75) is 0 Å². The van der Waals surface area contributed by atoms with Crippen molar-refractivity contribution < 1.29 is 0 Å². The van der Waals surface area contributed by atoms with E-state index < -0.39 is 18.4 Å². The number of benzene rings is 8. The molecule has 10 aromatic rings. The molecule has 0 aliphatic rings. The van der Waals surface area contributed by atoms with Gasteiger partial charge in [-0.15, -0.1) is 0 Å². The number of hydrogen-bond donors (Lipinski definition) is 0. The summed E-state index contributed by atoms with van der Waals surface area (Å²) in [5, 5.41) is 5.05. The predicted molar refractivity (Wildman–Crippen MR) is 219 cm³/mol. The van der Waals surface area contributed by atoms with E-state index in [0.717, 1.165) is 0 Å². The predicted octanol–water partition coefficient (Wildman–Crippen LogP) is 9.26. The third-order valence-corrected chi connectivity index (χ3v) is 24.3. The number of rotatable bonds is 6.